The van der Waals surface area contributed by atoms with Crippen molar-refractivity contribution in [3.8, 4) is 0 Å². The summed E-state index contributed by atoms with van der Waals surface area (Å²) < 4.78 is 37.9. The summed E-state index contributed by atoms with van der Waals surface area (Å²) in [7, 11) is -1.04. The van der Waals surface area contributed by atoms with Gasteiger partial charge in [0.25, 0.3) is 0 Å². The maximum atomic E-state index is 12.6. The lowest BCUT2D eigenvalue weighted by Gasteiger charge is -2.17. The van der Waals surface area contributed by atoms with Gasteiger partial charge in [0.2, 0.25) is 15.9 Å². The average molecular weight is 387 g/mol. The van der Waals surface area contributed by atoms with Crippen molar-refractivity contribution in [1.82, 2.24) is 14.2 Å². The maximum Gasteiger partial charge on any atom is 0.354 e. The van der Waals surface area contributed by atoms with Crippen LogP contribution in [-0.2, 0) is 31.3 Å². The lowest BCUT2D eigenvalue weighted by molar-refractivity contribution is -0.121. The number of carbonyl (C=O) groups excluding carboxylic acids is 2. The van der Waals surface area contributed by atoms with Gasteiger partial charge in [-0.3, -0.25) is 4.79 Å². The Morgan fingerprint density at radius 2 is 2.19 bits per heavy atom. The van der Waals surface area contributed by atoms with Crippen LogP contribution in [-0.4, -0.2) is 68.6 Å². The Morgan fingerprint density at radius 1 is 1.46 bits per heavy atom. The van der Waals surface area contributed by atoms with E-state index in [0.29, 0.717) is 13.2 Å². The lowest BCUT2D eigenvalue weighted by Crippen LogP contribution is -2.40. The van der Waals surface area contributed by atoms with Gasteiger partial charge in [-0.2, -0.15) is 4.31 Å². The van der Waals surface area contributed by atoms with Gasteiger partial charge in [0.05, 0.1) is 19.3 Å². The molecule has 146 valence electrons. The summed E-state index contributed by atoms with van der Waals surface area (Å²) in [6, 6.07) is 1.24. The fourth-order valence-electron chi connectivity index (χ4n) is 2.64. The molecule has 9 nitrogen and oxygen atoms in total. The molecule has 1 saturated heterocycles. The minimum atomic E-state index is -3.91. The van der Waals surface area contributed by atoms with E-state index in [1.165, 1.54) is 23.9 Å². The number of aromatic nitrogens is 1. The van der Waals surface area contributed by atoms with Crippen molar-refractivity contribution >= 4 is 21.9 Å². The van der Waals surface area contributed by atoms with E-state index in [9.17, 15) is 18.0 Å². The monoisotopic (exact) mass is 387 g/mol. The number of sulfonamides is 1. The second kappa shape index (κ2) is 8.65. The second-order valence-electron chi connectivity index (χ2n) is 6.09. The van der Waals surface area contributed by atoms with Crippen LogP contribution >= 0.6 is 0 Å². The molecule has 2 rings (SSSR count). The molecule has 26 heavy (non-hydrogen) atoms. The van der Waals surface area contributed by atoms with Crippen molar-refractivity contribution in [2.75, 3.05) is 33.4 Å². The SMILES string of the molecule is CCOC(=O)c1cc(S(=O)(=O)N(C)CC(=O)NC[C@H]2CCCO2)cn1C. The number of nitrogens with zero attached hydrogens (tertiary/aromatic N) is 2. The summed E-state index contributed by atoms with van der Waals surface area (Å²) in [5, 5.41) is 2.68. The van der Waals surface area contributed by atoms with Crippen molar-refractivity contribution < 1.29 is 27.5 Å². The topological polar surface area (TPSA) is 107 Å². The van der Waals surface area contributed by atoms with E-state index < -0.39 is 21.9 Å². The van der Waals surface area contributed by atoms with Crippen molar-refractivity contribution in [2.24, 2.45) is 7.05 Å². The van der Waals surface area contributed by atoms with Crippen molar-refractivity contribution in [3.05, 3.63) is 18.0 Å². The standard InChI is InChI=1S/C16H25N3O6S/c1-4-24-16(21)14-8-13(10-18(14)2)26(22,23)19(3)11-15(20)17-9-12-6-5-7-25-12/h8,10,12H,4-7,9,11H2,1-3H3,(H,17,20)/t12-/m1/s1. The third-order valence-corrected chi connectivity index (χ3v) is 5.86. The Kier molecular flexibility index (Phi) is 6.79. The highest BCUT2D eigenvalue weighted by molar-refractivity contribution is 7.89. The van der Waals surface area contributed by atoms with Gasteiger partial charge in [0.15, 0.2) is 0 Å². The molecule has 1 aromatic heterocycles. The molecule has 0 bridgehead atoms. The van der Waals surface area contributed by atoms with Gasteiger partial charge in [0, 0.05) is 33.4 Å². The lowest BCUT2D eigenvalue weighted by atomic mass is 10.2. The molecule has 0 saturated carbocycles. The first-order chi connectivity index (χ1) is 12.3. The van der Waals surface area contributed by atoms with E-state index in [-0.39, 0.29) is 29.8 Å². The number of nitrogens with one attached hydrogen (secondary N) is 1. The quantitative estimate of drug-likeness (QED) is 0.635. The van der Waals surface area contributed by atoms with Gasteiger partial charge in [-0.05, 0) is 25.8 Å². The first-order valence-corrected chi connectivity index (χ1v) is 9.87. The largest absolute Gasteiger partial charge is 0.461 e. The highest BCUT2D eigenvalue weighted by Crippen LogP contribution is 2.18. The molecule has 1 fully saturated rings. The van der Waals surface area contributed by atoms with E-state index in [2.05, 4.69) is 5.32 Å². The molecule has 0 radical (unpaired) electrons. The molecule has 10 heteroatoms. The molecular weight excluding hydrogens is 362 g/mol. The summed E-state index contributed by atoms with van der Waals surface area (Å²) >= 11 is 0. The van der Waals surface area contributed by atoms with Crippen LogP contribution in [0.2, 0.25) is 0 Å². The van der Waals surface area contributed by atoms with E-state index in [1.54, 1.807) is 14.0 Å². The summed E-state index contributed by atoms with van der Waals surface area (Å²) in [6.45, 7) is 2.59. The molecule has 1 atom stereocenters. The highest BCUT2D eigenvalue weighted by Gasteiger charge is 2.27. The van der Waals surface area contributed by atoms with Crippen molar-refractivity contribution in [1.29, 1.82) is 0 Å². The summed E-state index contributed by atoms with van der Waals surface area (Å²) in [5.41, 5.74) is 0.127. The fourth-order valence-corrected chi connectivity index (χ4v) is 3.84. The van der Waals surface area contributed by atoms with Crippen LogP contribution in [0.1, 0.15) is 30.3 Å². The molecule has 0 aromatic carbocycles. The number of rotatable bonds is 8. The Morgan fingerprint density at radius 3 is 2.81 bits per heavy atom. The van der Waals surface area contributed by atoms with E-state index >= 15 is 0 Å². The molecule has 2 heterocycles. The van der Waals surface area contributed by atoms with Gasteiger partial charge in [-0.25, -0.2) is 13.2 Å². The summed E-state index contributed by atoms with van der Waals surface area (Å²) in [6.07, 6.45) is 3.16. The van der Waals surface area contributed by atoms with E-state index in [1.807, 2.05) is 0 Å². The predicted octanol–water partition coefficient (Wildman–Crippen LogP) is 0.118. The van der Waals surface area contributed by atoms with Crippen LogP contribution in [0, 0.1) is 0 Å². The first kappa shape index (κ1) is 20.4. The van der Waals surface area contributed by atoms with Crippen LogP contribution in [0.25, 0.3) is 0 Å². The zero-order valence-corrected chi connectivity index (χ0v) is 16.0. The Hall–Kier alpha value is -1.91. The van der Waals surface area contributed by atoms with Crippen LogP contribution in [0.15, 0.2) is 17.2 Å². The minimum absolute atomic E-state index is 0.0119. The minimum Gasteiger partial charge on any atom is -0.461 e. The van der Waals surface area contributed by atoms with Gasteiger partial charge in [-0.15, -0.1) is 0 Å². The normalized spacial score (nSPS) is 17.5. The third kappa shape index (κ3) is 4.83. The number of carbonyl (C=O) groups is 2. The second-order valence-corrected chi connectivity index (χ2v) is 8.14. The fraction of sp³-hybridized carbons (Fsp3) is 0.625. The van der Waals surface area contributed by atoms with Crippen LogP contribution in [0.4, 0.5) is 0 Å². The van der Waals surface area contributed by atoms with Crippen LogP contribution in [0.5, 0.6) is 0 Å². The van der Waals surface area contributed by atoms with Crippen LogP contribution in [0.3, 0.4) is 0 Å². The molecule has 0 aliphatic carbocycles. The molecule has 0 spiro atoms. The van der Waals surface area contributed by atoms with Gasteiger partial charge < -0.3 is 19.4 Å². The number of hydrogen-bond acceptors (Lipinski definition) is 6. The van der Waals surface area contributed by atoms with Crippen LogP contribution < -0.4 is 5.32 Å². The smallest absolute Gasteiger partial charge is 0.354 e. The predicted molar refractivity (Wildman–Crippen MR) is 93.2 cm³/mol. The number of esters is 1. The molecule has 1 aromatic rings. The van der Waals surface area contributed by atoms with E-state index in [0.717, 1.165) is 17.1 Å². The average Bonchev–Trinajstić information content (AvgIpc) is 3.22. The highest BCUT2D eigenvalue weighted by atomic mass is 32.2. The van der Waals surface area contributed by atoms with Gasteiger partial charge in [0.1, 0.15) is 10.6 Å². The number of hydrogen-bond donors (Lipinski definition) is 1. The number of aryl methyl sites for hydroxylation is 1. The zero-order chi connectivity index (χ0) is 19.3. The number of likely N-dealkylation sites (N-methyl/N-ethyl adjacent to an activating group) is 1. The Labute approximate surface area is 153 Å². The third-order valence-electron chi connectivity index (χ3n) is 4.09. The first-order valence-electron chi connectivity index (χ1n) is 8.43. The number of amides is 1. The van der Waals surface area contributed by atoms with Gasteiger partial charge >= 0.3 is 5.97 Å². The number of ether oxygens (including phenoxy) is 2. The summed E-state index contributed by atoms with van der Waals surface area (Å²) in [5.74, 6) is -1.01. The molecular formula is C16H25N3O6S. The Balaban J connectivity index is 2.00. The van der Waals surface area contributed by atoms with Crippen molar-refractivity contribution in [3.63, 3.8) is 0 Å². The molecule has 1 amide bonds. The molecule has 0 unspecified atom stereocenters. The molecule has 1 N–H and O–H groups in total. The summed E-state index contributed by atoms with van der Waals surface area (Å²) in [4.78, 5) is 23.8. The molecule has 1 aliphatic rings. The maximum absolute atomic E-state index is 12.6. The van der Waals surface area contributed by atoms with Crippen molar-refractivity contribution in [2.45, 2.75) is 30.8 Å². The zero-order valence-electron chi connectivity index (χ0n) is 15.2. The van der Waals surface area contributed by atoms with E-state index in [4.69, 9.17) is 9.47 Å². The Bertz CT molecular complexity index is 752. The molecule has 1 aliphatic heterocycles. The van der Waals surface area contributed by atoms with Gasteiger partial charge in [-0.1, -0.05) is 0 Å².